The molecular weight excluding hydrogens is 404 g/mol. The Kier molecular flexibility index (Phi) is 10.1. The first-order valence-corrected chi connectivity index (χ1v) is 11.3. The van der Waals surface area contributed by atoms with E-state index < -0.39 is 5.91 Å². The SMILES string of the molecule is CCCCCc1cc(O)c(CC=C(C)CCC=C(C)C)c(O)c1C(=O)NCc1cnco1. The highest BCUT2D eigenvalue weighted by Crippen LogP contribution is 2.35. The first-order valence-electron chi connectivity index (χ1n) is 11.3. The molecule has 3 N–H and O–H groups in total. The van der Waals surface area contributed by atoms with Gasteiger partial charge in [-0.05, 0) is 64.5 Å². The van der Waals surface area contributed by atoms with E-state index in [0.29, 0.717) is 29.7 Å². The molecule has 2 aromatic rings. The summed E-state index contributed by atoms with van der Waals surface area (Å²) in [4.78, 5) is 16.8. The Morgan fingerprint density at radius 2 is 1.97 bits per heavy atom. The number of phenolic OH excluding ortho intramolecular Hbond substituents is 2. The van der Waals surface area contributed by atoms with Crippen molar-refractivity contribution in [2.24, 2.45) is 0 Å². The van der Waals surface area contributed by atoms with Crippen LogP contribution in [0.4, 0.5) is 0 Å². The van der Waals surface area contributed by atoms with Gasteiger partial charge in [0.2, 0.25) is 0 Å². The van der Waals surface area contributed by atoms with Gasteiger partial charge in [0.25, 0.3) is 5.91 Å². The zero-order valence-electron chi connectivity index (χ0n) is 19.7. The van der Waals surface area contributed by atoms with Gasteiger partial charge in [0, 0.05) is 5.56 Å². The second-order valence-corrected chi connectivity index (χ2v) is 8.44. The van der Waals surface area contributed by atoms with E-state index in [9.17, 15) is 15.0 Å². The van der Waals surface area contributed by atoms with Gasteiger partial charge in [0.15, 0.2) is 6.39 Å². The molecule has 0 bridgehead atoms. The monoisotopic (exact) mass is 440 g/mol. The lowest BCUT2D eigenvalue weighted by atomic mass is 9.94. The molecule has 174 valence electrons. The van der Waals surface area contributed by atoms with Crippen LogP contribution >= 0.6 is 0 Å². The number of rotatable bonds is 12. The molecule has 0 aliphatic rings. The van der Waals surface area contributed by atoms with E-state index in [1.54, 1.807) is 6.07 Å². The predicted octanol–water partition coefficient (Wildman–Crippen LogP) is 5.98. The van der Waals surface area contributed by atoms with Gasteiger partial charge >= 0.3 is 0 Å². The minimum atomic E-state index is -0.393. The van der Waals surface area contributed by atoms with Crippen LogP contribution in [0.1, 0.15) is 87.0 Å². The first-order chi connectivity index (χ1) is 15.3. The standard InChI is InChI=1S/C26H36N2O4/c1-5-6-7-11-20-14-23(29)22(13-12-19(4)10-8-9-18(2)3)25(30)24(20)26(31)28-16-21-15-27-17-32-21/h9,12,14-15,17,29-30H,5-8,10-11,13,16H2,1-4H3,(H,28,31). The van der Waals surface area contributed by atoms with E-state index >= 15 is 0 Å². The Balaban J connectivity index is 2.27. The number of unbranched alkanes of at least 4 members (excludes halogenated alkanes) is 2. The van der Waals surface area contributed by atoms with Crippen LogP contribution in [0.25, 0.3) is 0 Å². The molecule has 6 heteroatoms. The lowest BCUT2D eigenvalue weighted by molar-refractivity contribution is 0.0944. The number of aryl methyl sites for hydroxylation is 1. The van der Waals surface area contributed by atoms with Gasteiger partial charge < -0.3 is 19.9 Å². The number of nitrogens with one attached hydrogen (secondary N) is 1. The van der Waals surface area contributed by atoms with Gasteiger partial charge in [-0.2, -0.15) is 0 Å². The number of carbonyl (C=O) groups excluding carboxylic acids is 1. The van der Waals surface area contributed by atoms with Crippen LogP contribution in [0, 0.1) is 0 Å². The largest absolute Gasteiger partial charge is 0.508 e. The molecule has 32 heavy (non-hydrogen) atoms. The molecule has 2 rings (SSSR count). The summed E-state index contributed by atoms with van der Waals surface area (Å²) in [7, 11) is 0. The maximum absolute atomic E-state index is 13.0. The summed E-state index contributed by atoms with van der Waals surface area (Å²) in [6.45, 7) is 8.47. The number of allylic oxidation sites excluding steroid dienone is 4. The van der Waals surface area contributed by atoms with E-state index in [2.05, 4.69) is 37.1 Å². The van der Waals surface area contributed by atoms with E-state index in [4.69, 9.17) is 4.42 Å². The van der Waals surface area contributed by atoms with Gasteiger partial charge in [0.05, 0.1) is 18.3 Å². The van der Waals surface area contributed by atoms with Gasteiger partial charge in [-0.25, -0.2) is 4.98 Å². The molecule has 1 aromatic carbocycles. The maximum atomic E-state index is 13.0. The summed E-state index contributed by atoms with van der Waals surface area (Å²) in [5.74, 6) is 0.00394. The highest BCUT2D eigenvalue weighted by atomic mass is 16.3. The molecule has 6 nitrogen and oxygen atoms in total. The van der Waals surface area contributed by atoms with E-state index in [0.717, 1.165) is 32.1 Å². The second-order valence-electron chi connectivity index (χ2n) is 8.44. The minimum absolute atomic E-state index is 0.0223. The van der Waals surface area contributed by atoms with Gasteiger partial charge in [-0.1, -0.05) is 43.1 Å². The molecule has 0 aliphatic carbocycles. The van der Waals surface area contributed by atoms with Crippen LogP contribution in [0.5, 0.6) is 11.5 Å². The Hall–Kier alpha value is -3.02. The average Bonchev–Trinajstić information content (AvgIpc) is 3.25. The summed E-state index contributed by atoms with van der Waals surface area (Å²) >= 11 is 0. The van der Waals surface area contributed by atoms with Crippen molar-refractivity contribution < 1.29 is 19.4 Å². The Labute approximate surface area is 191 Å². The number of phenols is 2. The number of aromatic hydroxyl groups is 2. The van der Waals surface area contributed by atoms with Crippen LogP contribution in [0.15, 0.2) is 46.4 Å². The van der Waals surface area contributed by atoms with Gasteiger partial charge in [-0.15, -0.1) is 0 Å². The van der Waals surface area contributed by atoms with E-state index in [-0.39, 0.29) is 23.6 Å². The fourth-order valence-corrected chi connectivity index (χ4v) is 3.52. The number of hydrogen-bond donors (Lipinski definition) is 3. The molecule has 1 amide bonds. The van der Waals surface area contributed by atoms with Gasteiger partial charge in [0.1, 0.15) is 17.3 Å². The van der Waals surface area contributed by atoms with Crippen molar-refractivity contribution >= 4 is 5.91 Å². The van der Waals surface area contributed by atoms with Crippen molar-refractivity contribution in [2.75, 3.05) is 0 Å². The molecule has 1 heterocycles. The zero-order valence-corrected chi connectivity index (χ0v) is 19.7. The van der Waals surface area contributed by atoms with Crippen molar-refractivity contribution in [3.8, 4) is 11.5 Å². The third-order valence-electron chi connectivity index (χ3n) is 5.39. The molecule has 0 aliphatic heterocycles. The third-order valence-corrected chi connectivity index (χ3v) is 5.39. The van der Waals surface area contributed by atoms with Crippen LogP contribution in [-0.4, -0.2) is 21.1 Å². The fourth-order valence-electron chi connectivity index (χ4n) is 3.52. The predicted molar refractivity (Wildman–Crippen MR) is 127 cm³/mol. The van der Waals surface area contributed by atoms with E-state index in [1.165, 1.54) is 23.7 Å². The maximum Gasteiger partial charge on any atom is 0.255 e. The normalized spacial score (nSPS) is 11.4. The van der Waals surface area contributed by atoms with E-state index in [1.807, 2.05) is 13.0 Å². The first kappa shape index (κ1) is 25.2. The number of hydrogen-bond acceptors (Lipinski definition) is 5. The average molecular weight is 441 g/mol. The van der Waals surface area contributed by atoms with Crippen molar-refractivity contribution in [1.29, 1.82) is 0 Å². The Bertz CT molecular complexity index is 939. The number of carbonyl (C=O) groups is 1. The highest BCUT2D eigenvalue weighted by molar-refractivity contribution is 5.99. The molecule has 1 aromatic heterocycles. The molecule has 0 saturated carbocycles. The molecular formula is C26H36N2O4. The summed E-state index contributed by atoms with van der Waals surface area (Å²) in [5, 5.41) is 24.4. The smallest absolute Gasteiger partial charge is 0.255 e. The van der Waals surface area contributed by atoms with Crippen LogP contribution in [0.3, 0.4) is 0 Å². The van der Waals surface area contributed by atoms with Crippen LogP contribution in [0.2, 0.25) is 0 Å². The fraction of sp³-hybridized carbons (Fsp3) is 0.462. The van der Waals surface area contributed by atoms with Crippen LogP contribution in [-0.2, 0) is 19.4 Å². The molecule has 0 atom stereocenters. The Morgan fingerprint density at radius 3 is 2.62 bits per heavy atom. The minimum Gasteiger partial charge on any atom is -0.508 e. The quantitative estimate of drug-likeness (QED) is 0.278. The zero-order chi connectivity index (χ0) is 23.5. The number of amides is 1. The number of aromatic nitrogens is 1. The van der Waals surface area contributed by atoms with Crippen molar-refractivity contribution in [3.05, 3.63) is 64.4 Å². The van der Waals surface area contributed by atoms with Gasteiger partial charge in [-0.3, -0.25) is 4.79 Å². The van der Waals surface area contributed by atoms with Crippen molar-refractivity contribution in [1.82, 2.24) is 10.3 Å². The molecule has 0 spiro atoms. The summed E-state index contributed by atoms with van der Waals surface area (Å²) in [6, 6.07) is 1.63. The summed E-state index contributed by atoms with van der Waals surface area (Å²) in [6.07, 6.45) is 12.8. The molecule has 0 fully saturated rings. The summed E-state index contributed by atoms with van der Waals surface area (Å²) in [5.41, 5.74) is 3.70. The van der Waals surface area contributed by atoms with Crippen molar-refractivity contribution in [3.63, 3.8) is 0 Å². The lowest BCUT2D eigenvalue weighted by Crippen LogP contribution is -2.24. The number of nitrogens with zero attached hydrogens (tertiary/aromatic N) is 1. The third kappa shape index (κ3) is 7.59. The van der Waals surface area contributed by atoms with Crippen LogP contribution < -0.4 is 5.32 Å². The highest BCUT2D eigenvalue weighted by Gasteiger charge is 2.22. The number of benzene rings is 1. The Morgan fingerprint density at radius 1 is 1.19 bits per heavy atom. The second kappa shape index (κ2) is 12.7. The topological polar surface area (TPSA) is 95.6 Å². The molecule has 0 unspecified atom stereocenters. The summed E-state index contributed by atoms with van der Waals surface area (Å²) < 4.78 is 5.17. The molecule has 0 saturated heterocycles. The number of oxazole rings is 1. The lowest BCUT2D eigenvalue weighted by Gasteiger charge is -2.16. The van der Waals surface area contributed by atoms with Crippen molar-refractivity contribution in [2.45, 2.75) is 79.2 Å². The molecule has 0 radical (unpaired) electrons.